The summed E-state index contributed by atoms with van der Waals surface area (Å²) in [7, 11) is 0. The van der Waals surface area contributed by atoms with E-state index >= 15 is 0 Å². The lowest BCUT2D eigenvalue weighted by Crippen LogP contribution is -2.32. The van der Waals surface area contributed by atoms with Crippen LogP contribution in [0, 0.1) is 0 Å². The Morgan fingerprint density at radius 2 is 1.92 bits per heavy atom. The Morgan fingerprint density at radius 1 is 1.20 bits per heavy atom. The predicted octanol–water partition coefficient (Wildman–Crippen LogP) is 4.25. The van der Waals surface area contributed by atoms with E-state index in [4.69, 9.17) is 4.74 Å². The summed E-state index contributed by atoms with van der Waals surface area (Å²) in [6, 6.07) is 16.4. The number of amides is 1. The average Bonchev–Trinajstić information content (AvgIpc) is 2.89. The molecule has 1 atom stereocenters. The molecular weight excluding hydrogens is 312 g/mol. The fourth-order valence-corrected chi connectivity index (χ4v) is 3.30. The zero-order valence-corrected chi connectivity index (χ0v) is 15.2. The SMILES string of the molecule is CC(C)Oc1ccc(NC(=O)CCN2c3ccccc3CC2C)cc1. The van der Waals surface area contributed by atoms with E-state index in [-0.39, 0.29) is 12.0 Å². The number of carbonyl (C=O) groups is 1. The molecule has 1 N–H and O–H groups in total. The minimum absolute atomic E-state index is 0.0362. The summed E-state index contributed by atoms with van der Waals surface area (Å²) < 4.78 is 5.61. The maximum atomic E-state index is 12.3. The molecule has 2 aromatic carbocycles. The van der Waals surface area contributed by atoms with Crippen molar-refractivity contribution in [2.75, 3.05) is 16.8 Å². The zero-order chi connectivity index (χ0) is 17.8. The average molecular weight is 338 g/mol. The molecule has 0 fully saturated rings. The second-order valence-electron chi connectivity index (χ2n) is 6.86. The van der Waals surface area contributed by atoms with Crippen molar-refractivity contribution in [2.24, 2.45) is 0 Å². The van der Waals surface area contributed by atoms with Gasteiger partial charge in [0.05, 0.1) is 6.10 Å². The van der Waals surface area contributed by atoms with Gasteiger partial charge in [-0.05, 0) is 63.1 Å². The summed E-state index contributed by atoms with van der Waals surface area (Å²) in [4.78, 5) is 14.6. The molecule has 0 aromatic heterocycles. The van der Waals surface area contributed by atoms with Gasteiger partial charge in [-0.3, -0.25) is 4.79 Å². The first-order chi connectivity index (χ1) is 12.0. The van der Waals surface area contributed by atoms with Crippen LogP contribution in [0.2, 0.25) is 0 Å². The molecule has 0 spiro atoms. The maximum Gasteiger partial charge on any atom is 0.226 e. The smallest absolute Gasteiger partial charge is 0.226 e. The third-order valence-corrected chi connectivity index (χ3v) is 4.44. The molecule has 4 nitrogen and oxygen atoms in total. The first-order valence-electron chi connectivity index (χ1n) is 8.94. The number of anilines is 2. The van der Waals surface area contributed by atoms with Crippen LogP contribution in [0.4, 0.5) is 11.4 Å². The summed E-state index contributed by atoms with van der Waals surface area (Å²) >= 11 is 0. The molecule has 0 radical (unpaired) electrons. The number of benzene rings is 2. The minimum atomic E-state index is 0.0362. The Balaban J connectivity index is 1.53. The maximum absolute atomic E-state index is 12.3. The van der Waals surface area contributed by atoms with E-state index in [9.17, 15) is 4.79 Å². The van der Waals surface area contributed by atoms with E-state index in [1.54, 1.807) is 0 Å². The van der Waals surface area contributed by atoms with Gasteiger partial charge in [0.15, 0.2) is 0 Å². The molecule has 132 valence electrons. The standard InChI is InChI=1S/C21H26N2O2/c1-15(2)25-19-10-8-18(9-11-19)22-21(24)12-13-23-16(3)14-17-6-4-5-7-20(17)23/h4-11,15-16H,12-14H2,1-3H3,(H,22,24). The number of fused-ring (bicyclic) bond motifs is 1. The first-order valence-corrected chi connectivity index (χ1v) is 8.94. The molecule has 0 saturated heterocycles. The Hall–Kier alpha value is -2.49. The Bertz CT molecular complexity index is 725. The molecule has 0 aliphatic carbocycles. The topological polar surface area (TPSA) is 41.6 Å². The van der Waals surface area contributed by atoms with Crippen LogP contribution < -0.4 is 15.0 Å². The van der Waals surface area contributed by atoms with E-state index in [1.165, 1.54) is 11.3 Å². The number of carbonyl (C=O) groups excluding carboxylic acids is 1. The van der Waals surface area contributed by atoms with Gasteiger partial charge in [0.1, 0.15) is 5.75 Å². The molecule has 1 heterocycles. The zero-order valence-electron chi connectivity index (χ0n) is 15.2. The molecule has 0 saturated carbocycles. The van der Waals surface area contributed by atoms with Gasteiger partial charge in [-0.1, -0.05) is 18.2 Å². The van der Waals surface area contributed by atoms with Crippen LogP contribution in [-0.2, 0) is 11.2 Å². The lowest BCUT2D eigenvalue weighted by Gasteiger charge is -2.24. The van der Waals surface area contributed by atoms with Gasteiger partial charge in [-0.15, -0.1) is 0 Å². The fourth-order valence-electron chi connectivity index (χ4n) is 3.30. The van der Waals surface area contributed by atoms with Crippen LogP contribution in [-0.4, -0.2) is 24.6 Å². The van der Waals surface area contributed by atoms with Crippen LogP contribution in [0.3, 0.4) is 0 Å². The summed E-state index contributed by atoms with van der Waals surface area (Å²) in [5.41, 5.74) is 3.44. The molecule has 1 aliphatic rings. The van der Waals surface area contributed by atoms with Gasteiger partial charge in [0, 0.05) is 30.4 Å². The number of rotatable bonds is 6. The van der Waals surface area contributed by atoms with Crippen LogP contribution in [0.15, 0.2) is 48.5 Å². The number of nitrogens with zero attached hydrogens (tertiary/aromatic N) is 1. The molecular formula is C21H26N2O2. The van der Waals surface area contributed by atoms with Crippen molar-refractivity contribution in [2.45, 2.75) is 45.8 Å². The lowest BCUT2D eigenvalue weighted by atomic mass is 10.1. The fraction of sp³-hybridized carbons (Fsp3) is 0.381. The van der Waals surface area contributed by atoms with Crippen molar-refractivity contribution in [3.05, 3.63) is 54.1 Å². The monoisotopic (exact) mass is 338 g/mol. The van der Waals surface area contributed by atoms with Gasteiger partial charge in [-0.2, -0.15) is 0 Å². The summed E-state index contributed by atoms with van der Waals surface area (Å²) in [6.45, 7) is 6.93. The Morgan fingerprint density at radius 3 is 2.64 bits per heavy atom. The van der Waals surface area contributed by atoms with E-state index in [1.807, 2.05) is 38.1 Å². The highest BCUT2D eigenvalue weighted by atomic mass is 16.5. The summed E-state index contributed by atoms with van der Waals surface area (Å²) in [5.74, 6) is 0.851. The van der Waals surface area contributed by atoms with Gasteiger partial charge in [0.25, 0.3) is 0 Å². The van der Waals surface area contributed by atoms with Crippen molar-refractivity contribution >= 4 is 17.3 Å². The first kappa shape index (κ1) is 17.3. The number of para-hydroxylation sites is 1. The van der Waals surface area contributed by atoms with Crippen LogP contribution >= 0.6 is 0 Å². The van der Waals surface area contributed by atoms with Gasteiger partial charge in [0.2, 0.25) is 5.91 Å². The highest BCUT2D eigenvalue weighted by Gasteiger charge is 2.25. The molecule has 25 heavy (non-hydrogen) atoms. The Kier molecular flexibility index (Phi) is 5.27. The van der Waals surface area contributed by atoms with Gasteiger partial charge < -0.3 is 15.0 Å². The number of ether oxygens (including phenoxy) is 1. The molecule has 1 amide bonds. The van der Waals surface area contributed by atoms with Crippen LogP contribution in [0.1, 0.15) is 32.8 Å². The van der Waals surface area contributed by atoms with E-state index < -0.39 is 0 Å². The normalized spacial score (nSPS) is 16.0. The van der Waals surface area contributed by atoms with Crippen LogP contribution in [0.5, 0.6) is 5.75 Å². The van der Waals surface area contributed by atoms with Crippen molar-refractivity contribution in [1.29, 1.82) is 0 Å². The predicted molar refractivity (Wildman–Crippen MR) is 102 cm³/mol. The lowest BCUT2D eigenvalue weighted by molar-refractivity contribution is -0.116. The van der Waals surface area contributed by atoms with E-state index in [0.717, 1.165) is 24.4 Å². The van der Waals surface area contributed by atoms with Crippen molar-refractivity contribution in [3.63, 3.8) is 0 Å². The van der Waals surface area contributed by atoms with E-state index in [0.29, 0.717) is 12.5 Å². The number of hydrogen-bond donors (Lipinski definition) is 1. The van der Waals surface area contributed by atoms with Crippen molar-refractivity contribution in [1.82, 2.24) is 0 Å². The summed E-state index contributed by atoms with van der Waals surface area (Å²) in [5, 5.41) is 2.96. The third-order valence-electron chi connectivity index (χ3n) is 4.44. The highest BCUT2D eigenvalue weighted by molar-refractivity contribution is 5.91. The largest absolute Gasteiger partial charge is 0.491 e. The molecule has 2 aromatic rings. The summed E-state index contributed by atoms with van der Waals surface area (Å²) in [6.07, 6.45) is 1.67. The Labute approximate surface area is 149 Å². The van der Waals surface area contributed by atoms with Gasteiger partial charge >= 0.3 is 0 Å². The molecule has 1 aliphatic heterocycles. The molecule has 3 rings (SSSR count). The second kappa shape index (κ2) is 7.60. The van der Waals surface area contributed by atoms with E-state index in [2.05, 4.69) is 41.4 Å². The minimum Gasteiger partial charge on any atom is -0.491 e. The number of nitrogens with one attached hydrogen (secondary N) is 1. The van der Waals surface area contributed by atoms with Crippen molar-refractivity contribution in [3.8, 4) is 5.75 Å². The number of hydrogen-bond acceptors (Lipinski definition) is 3. The van der Waals surface area contributed by atoms with Gasteiger partial charge in [-0.25, -0.2) is 0 Å². The third kappa shape index (κ3) is 4.32. The molecule has 1 unspecified atom stereocenters. The molecule has 0 bridgehead atoms. The quantitative estimate of drug-likeness (QED) is 0.856. The van der Waals surface area contributed by atoms with Crippen LogP contribution in [0.25, 0.3) is 0 Å². The molecule has 4 heteroatoms. The van der Waals surface area contributed by atoms with Crippen molar-refractivity contribution < 1.29 is 9.53 Å². The highest BCUT2D eigenvalue weighted by Crippen LogP contribution is 2.31. The second-order valence-corrected chi connectivity index (χ2v) is 6.86.